The first-order chi connectivity index (χ1) is 9.24. The van der Waals surface area contributed by atoms with Crippen molar-refractivity contribution in [3.8, 4) is 0 Å². The van der Waals surface area contributed by atoms with Gasteiger partial charge in [-0.2, -0.15) is 0 Å². The third-order valence-electron chi connectivity index (χ3n) is 2.76. The summed E-state index contributed by atoms with van der Waals surface area (Å²) in [6.07, 6.45) is 0. The van der Waals surface area contributed by atoms with Gasteiger partial charge in [-0.15, -0.1) is 0 Å². The van der Waals surface area contributed by atoms with E-state index in [-0.39, 0.29) is 12.5 Å². The number of imide groups is 1. The second-order valence-electron chi connectivity index (χ2n) is 4.26. The number of morpholine rings is 1. The Morgan fingerprint density at radius 3 is 2.53 bits per heavy atom. The fourth-order valence-electron chi connectivity index (χ4n) is 1.81. The van der Waals surface area contributed by atoms with Crippen LogP contribution in [0.5, 0.6) is 0 Å². The lowest BCUT2D eigenvalue weighted by atomic mass is 10.3. The number of nitrogens with one attached hydrogen (secondary N) is 2. The van der Waals surface area contributed by atoms with Gasteiger partial charge in [-0.3, -0.25) is 15.0 Å². The maximum absolute atomic E-state index is 11.7. The SMILES string of the molecule is O=C(CN1CCOCC1)NC(=O)Nc1ccccc1. The summed E-state index contributed by atoms with van der Waals surface area (Å²) in [5.41, 5.74) is 0.652. The predicted molar refractivity (Wildman–Crippen MR) is 70.9 cm³/mol. The predicted octanol–water partition coefficient (Wildman–Crippen LogP) is 0.667. The molecule has 2 rings (SSSR count). The Morgan fingerprint density at radius 2 is 1.84 bits per heavy atom. The Kier molecular flexibility index (Phi) is 4.88. The van der Waals surface area contributed by atoms with Crippen LogP contribution in [-0.4, -0.2) is 49.7 Å². The first-order valence-electron chi connectivity index (χ1n) is 6.20. The summed E-state index contributed by atoms with van der Waals surface area (Å²) in [4.78, 5) is 25.2. The molecule has 2 N–H and O–H groups in total. The lowest BCUT2D eigenvalue weighted by Crippen LogP contribution is -2.45. The molecule has 0 spiro atoms. The number of para-hydroxylation sites is 1. The Morgan fingerprint density at radius 1 is 1.16 bits per heavy atom. The van der Waals surface area contributed by atoms with E-state index in [4.69, 9.17) is 4.74 Å². The molecule has 3 amide bonds. The summed E-state index contributed by atoms with van der Waals surface area (Å²) in [6.45, 7) is 2.90. The maximum atomic E-state index is 11.7. The van der Waals surface area contributed by atoms with Crippen LogP contribution in [0.25, 0.3) is 0 Å². The molecular formula is C13H17N3O3. The summed E-state index contributed by atoms with van der Waals surface area (Å²) in [7, 11) is 0. The summed E-state index contributed by atoms with van der Waals surface area (Å²) in [5, 5.41) is 4.90. The van der Waals surface area contributed by atoms with E-state index in [1.54, 1.807) is 12.1 Å². The van der Waals surface area contributed by atoms with Crippen molar-refractivity contribution >= 4 is 17.6 Å². The van der Waals surface area contributed by atoms with Crippen LogP contribution in [0.3, 0.4) is 0 Å². The van der Waals surface area contributed by atoms with Crippen LogP contribution in [0.4, 0.5) is 10.5 Å². The molecule has 1 aromatic rings. The van der Waals surface area contributed by atoms with Gasteiger partial charge in [0, 0.05) is 18.8 Å². The van der Waals surface area contributed by atoms with E-state index in [1.807, 2.05) is 23.1 Å². The number of hydrogen-bond acceptors (Lipinski definition) is 4. The Hall–Kier alpha value is -1.92. The van der Waals surface area contributed by atoms with Crippen LogP contribution >= 0.6 is 0 Å². The molecule has 1 saturated heterocycles. The molecule has 102 valence electrons. The molecule has 1 aliphatic rings. The van der Waals surface area contributed by atoms with E-state index in [0.29, 0.717) is 32.0 Å². The molecule has 19 heavy (non-hydrogen) atoms. The first kappa shape index (κ1) is 13.5. The second-order valence-corrected chi connectivity index (χ2v) is 4.26. The summed E-state index contributed by atoms with van der Waals surface area (Å²) >= 11 is 0. The highest BCUT2D eigenvalue weighted by Gasteiger charge is 2.15. The molecule has 0 radical (unpaired) electrons. The quantitative estimate of drug-likeness (QED) is 0.840. The van der Waals surface area contributed by atoms with E-state index >= 15 is 0 Å². The number of hydrogen-bond donors (Lipinski definition) is 2. The number of amides is 3. The van der Waals surface area contributed by atoms with Gasteiger partial charge in [-0.1, -0.05) is 18.2 Å². The van der Waals surface area contributed by atoms with Crippen LogP contribution in [0.15, 0.2) is 30.3 Å². The van der Waals surface area contributed by atoms with Gasteiger partial charge in [-0.25, -0.2) is 4.79 Å². The van der Waals surface area contributed by atoms with Gasteiger partial charge in [0.25, 0.3) is 0 Å². The van der Waals surface area contributed by atoms with Gasteiger partial charge in [0.2, 0.25) is 5.91 Å². The number of urea groups is 1. The molecule has 0 bridgehead atoms. The van der Waals surface area contributed by atoms with Gasteiger partial charge >= 0.3 is 6.03 Å². The van der Waals surface area contributed by atoms with Crippen LogP contribution in [0, 0.1) is 0 Å². The molecule has 6 nitrogen and oxygen atoms in total. The standard InChI is InChI=1S/C13H17N3O3/c17-12(10-16-6-8-19-9-7-16)15-13(18)14-11-4-2-1-3-5-11/h1-5H,6-10H2,(H2,14,15,17,18). The van der Waals surface area contributed by atoms with Gasteiger partial charge in [0.1, 0.15) is 0 Å². The molecule has 0 aromatic heterocycles. The zero-order valence-corrected chi connectivity index (χ0v) is 10.6. The molecule has 1 aromatic carbocycles. The van der Waals surface area contributed by atoms with Crippen LogP contribution in [-0.2, 0) is 9.53 Å². The number of carbonyl (C=O) groups is 2. The minimum atomic E-state index is -0.510. The highest BCUT2D eigenvalue weighted by atomic mass is 16.5. The molecule has 1 fully saturated rings. The molecule has 0 atom stereocenters. The van der Waals surface area contributed by atoms with Crippen molar-refractivity contribution in [3.63, 3.8) is 0 Å². The minimum Gasteiger partial charge on any atom is -0.379 e. The van der Waals surface area contributed by atoms with Crippen molar-refractivity contribution < 1.29 is 14.3 Å². The van der Waals surface area contributed by atoms with Crippen LogP contribution < -0.4 is 10.6 Å². The molecule has 0 aliphatic carbocycles. The number of benzene rings is 1. The van der Waals surface area contributed by atoms with E-state index < -0.39 is 6.03 Å². The average Bonchev–Trinajstić information content (AvgIpc) is 2.40. The first-order valence-corrected chi connectivity index (χ1v) is 6.20. The Bertz CT molecular complexity index is 430. The van der Waals surface area contributed by atoms with E-state index in [9.17, 15) is 9.59 Å². The van der Waals surface area contributed by atoms with Gasteiger partial charge in [0.15, 0.2) is 0 Å². The maximum Gasteiger partial charge on any atom is 0.325 e. The minimum absolute atomic E-state index is 0.214. The van der Waals surface area contributed by atoms with Crippen LogP contribution in [0.1, 0.15) is 0 Å². The van der Waals surface area contributed by atoms with Crippen molar-refractivity contribution in [3.05, 3.63) is 30.3 Å². The molecule has 6 heteroatoms. The summed E-state index contributed by atoms with van der Waals surface area (Å²) in [5.74, 6) is -0.310. The smallest absolute Gasteiger partial charge is 0.325 e. The summed E-state index contributed by atoms with van der Waals surface area (Å²) < 4.78 is 5.19. The number of carbonyl (C=O) groups excluding carboxylic acids is 2. The molecular weight excluding hydrogens is 246 g/mol. The molecule has 0 saturated carbocycles. The van der Waals surface area contributed by atoms with Crippen LogP contribution in [0.2, 0.25) is 0 Å². The van der Waals surface area contributed by atoms with Crippen molar-refractivity contribution in [1.82, 2.24) is 10.2 Å². The van der Waals surface area contributed by atoms with Gasteiger partial charge < -0.3 is 10.1 Å². The number of nitrogens with zero attached hydrogens (tertiary/aromatic N) is 1. The fraction of sp³-hybridized carbons (Fsp3) is 0.385. The zero-order valence-electron chi connectivity index (χ0n) is 10.6. The van der Waals surface area contributed by atoms with Crippen molar-refractivity contribution in [2.24, 2.45) is 0 Å². The number of rotatable bonds is 3. The monoisotopic (exact) mass is 263 g/mol. The number of ether oxygens (including phenoxy) is 1. The van der Waals surface area contributed by atoms with E-state index in [1.165, 1.54) is 0 Å². The van der Waals surface area contributed by atoms with E-state index in [0.717, 1.165) is 0 Å². The molecule has 1 aliphatic heterocycles. The highest BCUT2D eigenvalue weighted by molar-refractivity contribution is 6.01. The fourth-order valence-corrected chi connectivity index (χ4v) is 1.81. The highest BCUT2D eigenvalue weighted by Crippen LogP contribution is 2.04. The third-order valence-corrected chi connectivity index (χ3v) is 2.76. The molecule has 1 heterocycles. The Balaban J connectivity index is 1.74. The van der Waals surface area contributed by atoms with E-state index in [2.05, 4.69) is 10.6 Å². The second kappa shape index (κ2) is 6.86. The summed E-state index contributed by atoms with van der Waals surface area (Å²) in [6, 6.07) is 8.48. The third kappa shape index (κ3) is 4.69. The van der Waals surface area contributed by atoms with Crippen molar-refractivity contribution in [2.75, 3.05) is 38.2 Å². The zero-order chi connectivity index (χ0) is 13.5. The van der Waals surface area contributed by atoms with Crippen molar-refractivity contribution in [2.45, 2.75) is 0 Å². The lowest BCUT2D eigenvalue weighted by molar-refractivity contribution is -0.122. The van der Waals surface area contributed by atoms with Gasteiger partial charge in [-0.05, 0) is 12.1 Å². The Labute approximate surface area is 111 Å². The normalized spacial score (nSPS) is 15.8. The van der Waals surface area contributed by atoms with Gasteiger partial charge in [0.05, 0.1) is 19.8 Å². The largest absolute Gasteiger partial charge is 0.379 e. The lowest BCUT2D eigenvalue weighted by Gasteiger charge is -2.25. The van der Waals surface area contributed by atoms with Crippen molar-refractivity contribution in [1.29, 1.82) is 0 Å². The topological polar surface area (TPSA) is 70.7 Å². The average molecular weight is 263 g/mol. The molecule has 0 unspecified atom stereocenters. The number of anilines is 1.